The summed E-state index contributed by atoms with van der Waals surface area (Å²) in [5, 5.41) is 2.64. The van der Waals surface area contributed by atoms with Crippen molar-refractivity contribution in [1.82, 2.24) is 5.32 Å². The molecule has 0 spiro atoms. The van der Waals surface area contributed by atoms with E-state index in [9.17, 15) is 19.2 Å². The van der Waals surface area contributed by atoms with Gasteiger partial charge in [-0.2, -0.15) is 0 Å². The van der Waals surface area contributed by atoms with Gasteiger partial charge in [0.15, 0.2) is 6.61 Å². The zero-order chi connectivity index (χ0) is 19.6. The lowest BCUT2D eigenvalue weighted by Crippen LogP contribution is -2.29. The number of hydrogen-bond acceptors (Lipinski definition) is 5. The number of carbonyl (C=O) groups is 4. The van der Waals surface area contributed by atoms with Gasteiger partial charge < -0.3 is 10.1 Å². The fraction of sp³-hybridized carbons (Fsp3) is 0.238. The predicted octanol–water partition coefficient (Wildman–Crippen LogP) is 2.83. The van der Waals surface area contributed by atoms with Crippen molar-refractivity contribution in [3.63, 3.8) is 0 Å². The van der Waals surface area contributed by atoms with Gasteiger partial charge in [0.1, 0.15) is 0 Å². The first kappa shape index (κ1) is 20.0. The normalized spacial score (nSPS) is 10.1. The van der Waals surface area contributed by atoms with Crippen LogP contribution in [-0.2, 0) is 9.53 Å². The van der Waals surface area contributed by atoms with Gasteiger partial charge in [0.2, 0.25) is 11.6 Å². The van der Waals surface area contributed by atoms with Crippen molar-refractivity contribution >= 4 is 23.4 Å². The Hall–Kier alpha value is -3.28. The second kappa shape index (κ2) is 10.0. The van der Waals surface area contributed by atoms with E-state index in [1.54, 1.807) is 30.3 Å². The molecule has 0 unspecified atom stereocenters. The van der Waals surface area contributed by atoms with E-state index in [2.05, 4.69) is 5.32 Å². The topological polar surface area (TPSA) is 89.5 Å². The fourth-order valence-electron chi connectivity index (χ4n) is 2.28. The van der Waals surface area contributed by atoms with E-state index in [1.807, 2.05) is 6.92 Å². The van der Waals surface area contributed by atoms with Gasteiger partial charge >= 0.3 is 5.97 Å². The Kier molecular flexibility index (Phi) is 7.43. The molecule has 140 valence electrons. The van der Waals surface area contributed by atoms with Gasteiger partial charge in [-0.25, -0.2) is 4.79 Å². The third-order valence-electron chi connectivity index (χ3n) is 3.81. The lowest BCUT2D eigenvalue weighted by Gasteiger charge is -2.06. The van der Waals surface area contributed by atoms with E-state index in [1.165, 1.54) is 24.3 Å². The lowest BCUT2D eigenvalue weighted by atomic mass is 10.0. The number of Topliss-reactive ketones (excluding diaryl/α,β-unsaturated/α-hetero) is 2. The standard InChI is InChI=1S/C21H21NO5/c1-2-3-13-22-18(23)14-27-21(26)17-11-9-16(10-12-17)20(25)19(24)15-7-5-4-6-8-15/h4-12H,2-3,13-14H2,1H3,(H,22,23). The highest BCUT2D eigenvalue weighted by atomic mass is 16.5. The molecule has 1 N–H and O–H groups in total. The highest BCUT2D eigenvalue weighted by Gasteiger charge is 2.18. The summed E-state index contributed by atoms with van der Waals surface area (Å²) >= 11 is 0. The van der Waals surface area contributed by atoms with Crippen LogP contribution in [0.1, 0.15) is 50.8 Å². The second-order valence-corrected chi connectivity index (χ2v) is 5.88. The van der Waals surface area contributed by atoms with E-state index in [-0.39, 0.29) is 23.6 Å². The number of unbranched alkanes of at least 4 members (excludes halogenated alkanes) is 1. The average molecular weight is 367 g/mol. The highest BCUT2D eigenvalue weighted by molar-refractivity contribution is 6.49. The molecular formula is C21H21NO5. The van der Waals surface area contributed by atoms with Crippen molar-refractivity contribution in [2.75, 3.05) is 13.2 Å². The van der Waals surface area contributed by atoms with Gasteiger partial charge in [0, 0.05) is 17.7 Å². The number of amides is 1. The van der Waals surface area contributed by atoms with Crippen LogP contribution < -0.4 is 5.32 Å². The number of benzene rings is 2. The van der Waals surface area contributed by atoms with Crippen molar-refractivity contribution in [2.45, 2.75) is 19.8 Å². The highest BCUT2D eigenvalue weighted by Crippen LogP contribution is 2.10. The minimum Gasteiger partial charge on any atom is -0.452 e. The number of carbonyl (C=O) groups excluding carboxylic acids is 4. The molecule has 27 heavy (non-hydrogen) atoms. The predicted molar refractivity (Wildman–Crippen MR) is 99.7 cm³/mol. The quantitative estimate of drug-likeness (QED) is 0.319. The van der Waals surface area contributed by atoms with Crippen LogP contribution in [0.25, 0.3) is 0 Å². The molecule has 0 aliphatic carbocycles. The van der Waals surface area contributed by atoms with Crippen molar-refractivity contribution in [3.05, 3.63) is 71.3 Å². The molecule has 6 heteroatoms. The summed E-state index contributed by atoms with van der Waals surface area (Å²) in [6.45, 7) is 2.18. The largest absolute Gasteiger partial charge is 0.452 e. The molecule has 0 fully saturated rings. The number of esters is 1. The molecule has 0 aliphatic heterocycles. The van der Waals surface area contributed by atoms with Crippen molar-refractivity contribution in [1.29, 1.82) is 0 Å². The first-order valence-corrected chi connectivity index (χ1v) is 8.71. The molecule has 1 amide bonds. The lowest BCUT2D eigenvalue weighted by molar-refractivity contribution is -0.124. The van der Waals surface area contributed by atoms with Crippen molar-refractivity contribution in [3.8, 4) is 0 Å². The number of rotatable bonds is 9. The van der Waals surface area contributed by atoms with Crippen molar-refractivity contribution < 1.29 is 23.9 Å². The summed E-state index contributed by atoms with van der Waals surface area (Å²) in [4.78, 5) is 47.9. The second-order valence-electron chi connectivity index (χ2n) is 5.88. The Balaban J connectivity index is 1.92. The number of hydrogen-bond donors (Lipinski definition) is 1. The third kappa shape index (κ3) is 5.88. The fourth-order valence-corrected chi connectivity index (χ4v) is 2.28. The Labute approximate surface area is 157 Å². The summed E-state index contributed by atoms with van der Waals surface area (Å²) in [5.41, 5.74) is 0.679. The Morgan fingerprint density at radius 3 is 1.96 bits per heavy atom. The summed E-state index contributed by atoms with van der Waals surface area (Å²) in [7, 11) is 0. The molecule has 0 radical (unpaired) electrons. The van der Waals surface area contributed by atoms with E-state index < -0.39 is 17.5 Å². The SMILES string of the molecule is CCCCNC(=O)COC(=O)c1ccc(C(=O)C(=O)c2ccccc2)cc1. The number of ether oxygens (including phenoxy) is 1. The van der Waals surface area contributed by atoms with Crippen LogP contribution in [0.4, 0.5) is 0 Å². The monoisotopic (exact) mass is 367 g/mol. The number of ketones is 2. The van der Waals surface area contributed by atoms with Crippen LogP contribution in [0.5, 0.6) is 0 Å². The molecule has 0 saturated heterocycles. The van der Waals surface area contributed by atoms with E-state index in [0.29, 0.717) is 12.1 Å². The summed E-state index contributed by atoms with van der Waals surface area (Å²) < 4.78 is 4.93. The van der Waals surface area contributed by atoms with Crippen LogP contribution in [0, 0.1) is 0 Å². The first-order chi connectivity index (χ1) is 13.0. The maximum absolute atomic E-state index is 12.2. The summed E-state index contributed by atoms with van der Waals surface area (Å²) in [6.07, 6.45) is 1.81. The molecule has 2 aromatic rings. The molecule has 2 rings (SSSR count). The Morgan fingerprint density at radius 2 is 1.37 bits per heavy atom. The van der Waals surface area contributed by atoms with Gasteiger partial charge in [-0.05, 0) is 18.6 Å². The molecule has 0 aromatic heterocycles. The smallest absolute Gasteiger partial charge is 0.338 e. The Morgan fingerprint density at radius 1 is 0.815 bits per heavy atom. The van der Waals surface area contributed by atoms with Gasteiger partial charge in [-0.15, -0.1) is 0 Å². The number of nitrogens with one attached hydrogen (secondary N) is 1. The molecule has 0 aliphatic rings. The minimum atomic E-state index is -0.672. The zero-order valence-electron chi connectivity index (χ0n) is 15.1. The Bertz CT molecular complexity index is 812. The third-order valence-corrected chi connectivity index (χ3v) is 3.81. The van der Waals surface area contributed by atoms with Gasteiger partial charge in [-0.3, -0.25) is 14.4 Å². The minimum absolute atomic E-state index is 0.178. The molecule has 6 nitrogen and oxygen atoms in total. The molecular weight excluding hydrogens is 346 g/mol. The van der Waals surface area contributed by atoms with Gasteiger partial charge in [-0.1, -0.05) is 55.8 Å². The van der Waals surface area contributed by atoms with E-state index in [4.69, 9.17) is 4.74 Å². The summed E-state index contributed by atoms with van der Waals surface area (Å²) in [6, 6.07) is 13.8. The first-order valence-electron chi connectivity index (χ1n) is 8.71. The van der Waals surface area contributed by atoms with Crippen molar-refractivity contribution in [2.24, 2.45) is 0 Å². The van der Waals surface area contributed by atoms with E-state index in [0.717, 1.165) is 12.8 Å². The molecule has 0 saturated carbocycles. The van der Waals surface area contributed by atoms with Gasteiger partial charge in [0.05, 0.1) is 5.56 Å². The molecule has 0 bridgehead atoms. The van der Waals surface area contributed by atoms with Crippen LogP contribution >= 0.6 is 0 Å². The molecule has 0 heterocycles. The van der Waals surface area contributed by atoms with Gasteiger partial charge in [0.25, 0.3) is 5.91 Å². The molecule has 2 aromatic carbocycles. The zero-order valence-corrected chi connectivity index (χ0v) is 15.1. The maximum atomic E-state index is 12.2. The van der Waals surface area contributed by atoms with E-state index >= 15 is 0 Å². The van der Waals surface area contributed by atoms with Crippen LogP contribution in [0.2, 0.25) is 0 Å². The van der Waals surface area contributed by atoms with Crippen LogP contribution in [0.3, 0.4) is 0 Å². The average Bonchev–Trinajstić information content (AvgIpc) is 2.72. The van der Waals surface area contributed by atoms with Crippen LogP contribution in [-0.4, -0.2) is 36.6 Å². The maximum Gasteiger partial charge on any atom is 0.338 e. The molecule has 0 atom stereocenters. The van der Waals surface area contributed by atoms with Crippen LogP contribution in [0.15, 0.2) is 54.6 Å². The summed E-state index contributed by atoms with van der Waals surface area (Å²) in [5.74, 6) is -2.31.